The van der Waals surface area contributed by atoms with Crippen molar-refractivity contribution in [2.24, 2.45) is 0 Å². The van der Waals surface area contributed by atoms with E-state index in [0.717, 1.165) is 36.5 Å². The summed E-state index contributed by atoms with van der Waals surface area (Å²) in [6.07, 6.45) is 2.77. The minimum absolute atomic E-state index is 0.0661. The van der Waals surface area contributed by atoms with Gasteiger partial charge in [-0.1, -0.05) is 0 Å². The van der Waals surface area contributed by atoms with Gasteiger partial charge in [-0.05, 0) is 46.6 Å². The van der Waals surface area contributed by atoms with Gasteiger partial charge in [0.05, 0.1) is 16.7 Å². The Morgan fingerprint density at radius 3 is 2.89 bits per heavy atom. The standard InChI is InChI=1S/C13H20N2O2S/c1-9(11-8-18-10(2)14-11)15-7-5-4-6-13(15,3)12(16)17/h8-9H,4-7H2,1-3H3,(H,16,17). The lowest BCUT2D eigenvalue weighted by atomic mass is 9.87. The highest BCUT2D eigenvalue weighted by molar-refractivity contribution is 7.09. The molecule has 0 bridgehead atoms. The van der Waals surface area contributed by atoms with Crippen molar-refractivity contribution >= 4 is 17.3 Å². The second-order valence-corrected chi connectivity index (χ2v) is 6.26. The summed E-state index contributed by atoms with van der Waals surface area (Å²) in [4.78, 5) is 18.2. The van der Waals surface area contributed by atoms with Crippen LogP contribution in [0.5, 0.6) is 0 Å². The smallest absolute Gasteiger partial charge is 0.323 e. The molecule has 1 saturated heterocycles. The molecular weight excluding hydrogens is 248 g/mol. The minimum Gasteiger partial charge on any atom is -0.480 e. The number of likely N-dealkylation sites (tertiary alicyclic amines) is 1. The van der Waals surface area contributed by atoms with Crippen molar-refractivity contribution in [2.75, 3.05) is 6.54 Å². The molecule has 1 aliphatic rings. The van der Waals surface area contributed by atoms with Crippen molar-refractivity contribution in [3.05, 3.63) is 16.1 Å². The fourth-order valence-electron chi connectivity index (χ4n) is 2.72. The molecule has 1 aromatic heterocycles. The van der Waals surface area contributed by atoms with Crippen molar-refractivity contribution in [1.82, 2.24) is 9.88 Å². The van der Waals surface area contributed by atoms with Crippen LogP contribution in [0.3, 0.4) is 0 Å². The molecule has 2 rings (SSSR count). The molecule has 5 heteroatoms. The molecule has 0 aliphatic carbocycles. The van der Waals surface area contributed by atoms with E-state index in [0.29, 0.717) is 0 Å². The van der Waals surface area contributed by atoms with Crippen LogP contribution < -0.4 is 0 Å². The molecule has 0 amide bonds. The highest BCUT2D eigenvalue weighted by Gasteiger charge is 2.44. The first-order chi connectivity index (χ1) is 8.45. The topological polar surface area (TPSA) is 53.4 Å². The molecule has 2 atom stereocenters. The van der Waals surface area contributed by atoms with Gasteiger partial charge in [-0.15, -0.1) is 11.3 Å². The molecule has 1 N–H and O–H groups in total. The first kappa shape index (κ1) is 13.5. The van der Waals surface area contributed by atoms with Crippen LogP contribution in [0.4, 0.5) is 0 Å². The number of piperidine rings is 1. The van der Waals surface area contributed by atoms with E-state index in [1.165, 1.54) is 0 Å². The van der Waals surface area contributed by atoms with Crippen molar-refractivity contribution < 1.29 is 9.90 Å². The lowest BCUT2D eigenvalue weighted by molar-refractivity contribution is -0.155. The Bertz CT molecular complexity index is 446. The van der Waals surface area contributed by atoms with Gasteiger partial charge in [0.25, 0.3) is 0 Å². The van der Waals surface area contributed by atoms with Crippen molar-refractivity contribution in [3.8, 4) is 0 Å². The summed E-state index contributed by atoms with van der Waals surface area (Å²) in [5.41, 5.74) is 0.238. The van der Waals surface area contributed by atoms with E-state index in [2.05, 4.69) is 16.8 Å². The van der Waals surface area contributed by atoms with E-state index in [4.69, 9.17) is 0 Å². The van der Waals surface area contributed by atoms with Crippen molar-refractivity contribution in [3.63, 3.8) is 0 Å². The summed E-state index contributed by atoms with van der Waals surface area (Å²) in [6.45, 7) is 6.71. The lowest BCUT2D eigenvalue weighted by Gasteiger charge is -2.44. The molecule has 0 spiro atoms. The fraction of sp³-hybridized carbons (Fsp3) is 0.692. The number of rotatable bonds is 3. The summed E-state index contributed by atoms with van der Waals surface area (Å²) in [7, 11) is 0. The maximum atomic E-state index is 11.6. The molecule has 1 fully saturated rings. The van der Waals surface area contributed by atoms with Gasteiger partial charge in [-0.2, -0.15) is 0 Å². The van der Waals surface area contributed by atoms with Crippen LogP contribution >= 0.6 is 11.3 Å². The number of aromatic nitrogens is 1. The largest absolute Gasteiger partial charge is 0.480 e. The molecule has 2 unspecified atom stereocenters. The summed E-state index contributed by atoms with van der Waals surface area (Å²) < 4.78 is 0. The quantitative estimate of drug-likeness (QED) is 0.916. The van der Waals surface area contributed by atoms with Gasteiger partial charge in [-0.3, -0.25) is 9.69 Å². The number of carboxylic acid groups (broad SMARTS) is 1. The van der Waals surface area contributed by atoms with Crippen molar-refractivity contribution in [2.45, 2.75) is 51.6 Å². The van der Waals surface area contributed by atoms with Gasteiger partial charge in [0, 0.05) is 5.38 Å². The Morgan fingerprint density at radius 1 is 1.61 bits per heavy atom. The number of aryl methyl sites for hydroxylation is 1. The Hall–Kier alpha value is -0.940. The van der Waals surface area contributed by atoms with E-state index in [1.807, 2.05) is 19.2 Å². The van der Waals surface area contributed by atoms with Crippen molar-refractivity contribution in [1.29, 1.82) is 0 Å². The molecule has 0 saturated carbocycles. The molecule has 0 aromatic carbocycles. The highest BCUT2D eigenvalue weighted by atomic mass is 32.1. The van der Waals surface area contributed by atoms with Crippen LogP contribution in [0.15, 0.2) is 5.38 Å². The van der Waals surface area contributed by atoms with Crippen LogP contribution in [0.1, 0.15) is 49.9 Å². The number of hydrogen-bond acceptors (Lipinski definition) is 4. The third-order valence-electron chi connectivity index (χ3n) is 3.94. The van der Waals surface area contributed by atoms with Crippen LogP contribution in [0.25, 0.3) is 0 Å². The minimum atomic E-state index is -0.755. The summed E-state index contributed by atoms with van der Waals surface area (Å²) in [6, 6.07) is 0.0661. The Morgan fingerprint density at radius 2 is 2.33 bits per heavy atom. The van der Waals surface area contributed by atoms with Gasteiger partial charge in [0.15, 0.2) is 0 Å². The second-order valence-electron chi connectivity index (χ2n) is 5.20. The predicted octanol–water partition coefficient (Wildman–Crippen LogP) is 2.84. The molecule has 1 aliphatic heterocycles. The molecule has 1 aromatic rings. The number of carbonyl (C=O) groups is 1. The monoisotopic (exact) mass is 268 g/mol. The summed E-state index contributed by atoms with van der Waals surface area (Å²) >= 11 is 1.62. The average Bonchev–Trinajstić information content (AvgIpc) is 2.75. The van der Waals surface area contributed by atoms with Crippen LogP contribution in [0, 0.1) is 6.92 Å². The molecule has 18 heavy (non-hydrogen) atoms. The number of hydrogen-bond donors (Lipinski definition) is 1. The SMILES string of the molecule is Cc1nc(C(C)N2CCCCC2(C)C(=O)O)cs1. The summed E-state index contributed by atoms with van der Waals surface area (Å²) in [5.74, 6) is -0.721. The van der Waals surface area contributed by atoms with Gasteiger partial charge in [-0.25, -0.2) is 4.98 Å². The number of aliphatic carboxylic acids is 1. The zero-order valence-corrected chi connectivity index (χ0v) is 12.0. The zero-order valence-electron chi connectivity index (χ0n) is 11.1. The Kier molecular flexibility index (Phi) is 3.73. The van der Waals surface area contributed by atoms with Gasteiger partial charge in [0.1, 0.15) is 5.54 Å². The normalized spacial score (nSPS) is 27.1. The maximum absolute atomic E-state index is 11.6. The zero-order chi connectivity index (χ0) is 13.3. The van der Waals surface area contributed by atoms with Gasteiger partial charge >= 0.3 is 5.97 Å². The average molecular weight is 268 g/mol. The number of nitrogens with zero attached hydrogens (tertiary/aromatic N) is 2. The van der Waals surface area contributed by atoms with Crippen LogP contribution in [-0.2, 0) is 4.79 Å². The Balaban J connectivity index is 2.26. The van der Waals surface area contributed by atoms with Crippen LogP contribution in [-0.4, -0.2) is 33.0 Å². The second kappa shape index (κ2) is 4.97. The fourth-order valence-corrected chi connectivity index (χ4v) is 3.42. The molecule has 2 heterocycles. The van der Waals surface area contributed by atoms with Gasteiger partial charge < -0.3 is 5.11 Å². The number of thiazole rings is 1. The number of carboxylic acids is 1. The van der Waals surface area contributed by atoms with E-state index in [-0.39, 0.29) is 6.04 Å². The van der Waals surface area contributed by atoms with Gasteiger partial charge in [0.2, 0.25) is 0 Å². The first-order valence-corrected chi connectivity index (χ1v) is 7.25. The molecule has 100 valence electrons. The lowest BCUT2D eigenvalue weighted by Crippen LogP contribution is -2.55. The van der Waals surface area contributed by atoms with Crippen LogP contribution in [0.2, 0.25) is 0 Å². The third kappa shape index (κ3) is 2.29. The molecule has 0 radical (unpaired) electrons. The van der Waals surface area contributed by atoms with E-state index < -0.39 is 11.5 Å². The summed E-state index contributed by atoms with van der Waals surface area (Å²) in [5, 5.41) is 12.6. The van der Waals surface area contributed by atoms with E-state index >= 15 is 0 Å². The highest BCUT2D eigenvalue weighted by Crippen LogP contribution is 2.35. The molecule has 4 nitrogen and oxygen atoms in total. The predicted molar refractivity (Wildman–Crippen MR) is 71.9 cm³/mol. The first-order valence-electron chi connectivity index (χ1n) is 6.37. The third-order valence-corrected chi connectivity index (χ3v) is 4.73. The Labute approximate surface area is 112 Å². The van der Waals surface area contributed by atoms with E-state index in [1.54, 1.807) is 11.3 Å². The van der Waals surface area contributed by atoms with E-state index in [9.17, 15) is 9.90 Å². The maximum Gasteiger partial charge on any atom is 0.323 e. The molecular formula is C13H20N2O2S.